The van der Waals surface area contributed by atoms with Crippen molar-refractivity contribution in [3.63, 3.8) is 0 Å². The van der Waals surface area contributed by atoms with Gasteiger partial charge in [0.2, 0.25) is 5.91 Å². The van der Waals surface area contributed by atoms with Gasteiger partial charge in [-0.3, -0.25) is 4.79 Å². The van der Waals surface area contributed by atoms with Gasteiger partial charge in [-0.2, -0.15) is 0 Å². The first kappa shape index (κ1) is 17.9. The van der Waals surface area contributed by atoms with Gasteiger partial charge in [0.1, 0.15) is 6.67 Å². The van der Waals surface area contributed by atoms with Crippen LogP contribution in [0, 0.1) is 0 Å². The van der Waals surface area contributed by atoms with Crippen LogP contribution in [0.5, 0.6) is 0 Å². The van der Waals surface area contributed by atoms with Crippen LogP contribution in [0.1, 0.15) is 16.7 Å². The highest BCUT2D eigenvalue weighted by Gasteiger charge is 2.19. The summed E-state index contributed by atoms with van der Waals surface area (Å²) >= 11 is 0. The lowest BCUT2D eigenvalue weighted by Crippen LogP contribution is -2.32. The van der Waals surface area contributed by atoms with Gasteiger partial charge in [0, 0.05) is 13.1 Å². The van der Waals surface area contributed by atoms with Crippen LogP contribution in [0.15, 0.2) is 67.3 Å². The number of rotatable bonds is 7. The van der Waals surface area contributed by atoms with Gasteiger partial charge in [-0.1, -0.05) is 55.2 Å². The first-order valence-electron chi connectivity index (χ1n) is 8.21. The second-order valence-electron chi connectivity index (χ2n) is 5.88. The Bertz CT molecular complexity index is 672. The Morgan fingerprint density at radius 2 is 2.12 bits per heavy atom. The number of hydrogen-bond donors (Lipinski definition) is 0. The van der Waals surface area contributed by atoms with Gasteiger partial charge < -0.3 is 4.90 Å². The third kappa shape index (κ3) is 4.79. The average molecular weight is 325 g/mol. The molecule has 1 amide bonds. The Balaban J connectivity index is 2.08. The van der Waals surface area contributed by atoms with Crippen LogP contribution >= 0.6 is 0 Å². The quantitative estimate of drug-likeness (QED) is 0.548. The Hall–Kier alpha value is -2.42. The summed E-state index contributed by atoms with van der Waals surface area (Å²) in [6.07, 6.45) is 10.8. The van der Waals surface area contributed by atoms with Crippen LogP contribution in [0.25, 0.3) is 0 Å². The smallest absolute Gasteiger partial charge is 0.227 e. The topological polar surface area (TPSA) is 20.3 Å². The van der Waals surface area contributed by atoms with Crippen LogP contribution < -0.4 is 0 Å². The Morgan fingerprint density at radius 3 is 2.83 bits per heavy atom. The van der Waals surface area contributed by atoms with Crippen molar-refractivity contribution >= 4 is 5.91 Å². The first-order chi connectivity index (χ1) is 11.7. The molecule has 1 aromatic carbocycles. The van der Waals surface area contributed by atoms with Crippen molar-refractivity contribution in [2.75, 3.05) is 19.8 Å². The van der Waals surface area contributed by atoms with Gasteiger partial charge in [-0.25, -0.2) is 4.39 Å². The summed E-state index contributed by atoms with van der Waals surface area (Å²) < 4.78 is 12.8. The molecule has 0 spiro atoms. The van der Waals surface area contributed by atoms with Crippen molar-refractivity contribution in [2.45, 2.75) is 19.3 Å². The molecule has 0 saturated heterocycles. The largest absolute Gasteiger partial charge is 0.338 e. The second-order valence-corrected chi connectivity index (χ2v) is 5.88. The van der Waals surface area contributed by atoms with Gasteiger partial charge in [0.05, 0.1) is 6.42 Å². The number of halogens is 1. The third-order valence-corrected chi connectivity index (χ3v) is 4.14. The van der Waals surface area contributed by atoms with Crippen molar-refractivity contribution < 1.29 is 9.18 Å². The fourth-order valence-corrected chi connectivity index (χ4v) is 2.86. The molecule has 0 fully saturated rings. The van der Waals surface area contributed by atoms with E-state index in [1.807, 2.05) is 23.1 Å². The molecular formula is C21H24FNO. The molecular weight excluding hydrogens is 301 g/mol. The number of alkyl halides is 1. The van der Waals surface area contributed by atoms with Crippen molar-refractivity contribution in [2.24, 2.45) is 0 Å². The van der Waals surface area contributed by atoms with Gasteiger partial charge >= 0.3 is 0 Å². The molecule has 1 aliphatic rings. The maximum absolute atomic E-state index is 12.8. The summed E-state index contributed by atoms with van der Waals surface area (Å²) in [6.45, 7) is 8.13. The molecule has 126 valence electrons. The SMILES string of the molecule is C=C/C=C(\C=C/Cc1ccc2c(c1)CCN(CC=C)C(=O)C2)CF. The van der Waals surface area contributed by atoms with E-state index >= 15 is 0 Å². The minimum absolute atomic E-state index is 0.156. The Labute approximate surface area is 143 Å². The van der Waals surface area contributed by atoms with E-state index in [-0.39, 0.29) is 5.91 Å². The number of fused-ring (bicyclic) bond motifs is 1. The summed E-state index contributed by atoms with van der Waals surface area (Å²) in [6, 6.07) is 6.26. The zero-order chi connectivity index (χ0) is 17.4. The predicted octanol–water partition coefficient (Wildman–Crippen LogP) is 3.98. The van der Waals surface area contributed by atoms with E-state index in [9.17, 15) is 9.18 Å². The van der Waals surface area contributed by atoms with E-state index in [2.05, 4.69) is 19.2 Å². The maximum atomic E-state index is 12.8. The highest BCUT2D eigenvalue weighted by Crippen LogP contribution is 2.19. The summed E-state index contributed by atoms with van der Waals surface area (Å²) in [5, 5.41) is 0. The van der Waals surface area contributed by atoms with Crippen LogP contribution in [-0.4, -0.2) is 30.6 Å². The predicted molar refractivity (Wildman–Crippen MR) is 97.7 cm³/mol. The number of carbonyl (C=O) groups is 1. The molecule has 1 heterocycles. The molecule has 2 nitrogen and oxygen atoms in total. The van der Waals surface area contributed by atoms with Crippen LogP contribution in [0.4, 0.5) is 4.39 Å². The van der Waals surface area contributed by atoms with Crippen LogP contribution in [0.2, 0.25) is 0 Å². The fraction of sp³-hybridized carbons (Fsp3) is 0.286. The van der Waals surface area contributed by atoms with Gasteiger partial charge in [0.15, 0.2) is 0 Å². The van der Waals surface area contributed by atoms with Gasteiger partial charge in [0.25, 0.3) is 0 Å². The number of allylic oxidation sites excluding steroid dienone is 5. The van der Waals surface area contributed by atoms with Gasteiger partial charge in [-0.05, 0) is 35.1 Å². The molecule has 0 unspecified atom stereocenters. The molecule has 1 aliphatic heterocycles. The number of carbonyl (C=O) groups excluding carboxylic acids is 1. The van der Waals surface area contributed by atoms with E-state index in [0.29, 0.717) is 18.5 Å². The minimum Gasteiger partial charge on any atom is -0.338 e. The molecule has 0 bridgehead atoms. The lowest BCUT2D eigenvalue weighted by molar-refractivity contribution is -0.129. The summed E-state index contributed by atoms with van der Waals surface area (Å²) in [5.41, 5.74) is 4.13. The standard InChI is InChI=1S/C21H24FNO/c1-3-6-18(16-22)8-5-7-17-9-10-19-15-21(24)23(12-4-2)13-11-20(19)14-17/h3-6,8-10,14H,1-2,7,11-13,15-16H2/b8-5-,18-6+. The molecule has 0 aliphatic carbocycles. The normalized spacial score (nSPS) is 15.3. The molecule has 0 atom stereocenters. The molecule has 1 aromatic rings. The number of amides is 1. The summed E-state index contributed by atoms with van der Waals surface area (Å²) in [5.74, 6) is 0.156. The van der Waals surface area contributed by atoms with E-state index in [4.69, 9.17) is 0 Å². The van der Waals surface area contributed by atoms with E-state index in [1.54, 1.807) is 24.3 Å². The van der Waals surface area contributed by atoms with Crippen molar-refractivity contribution in [1.29, 1.82) is 0 Å². The third-order valence-electron chi connectivity index (χ3n) is 4.14. The van der Waals surface area contributed by atoms with Crippen LogP contribution in [-0.2, 0) is 24.1 Å². The number of nitrogens with zero attached hydrogens (tertiary/aromatic N) is 1. The van der Waals surface area contributed by atoms with Crippen molar-refractivity contribution in [3.05, 3.63) is 84.0 Å². The molecule has 0 aromatic heterocycles. The highest BCUT2D eigenvalue weighted by molar-refractivity contribution is 5.80. The van der Waals surface area contributed by atoms with E-state index < -0.39 is 6.67 Å². The summed E-state index contributed by atoms with van der Waals surface area (Å²) in [4.78, 5) is 14.1. The van der Waals surface area contributed by atoms with Crippen molar-refractivity contribution in [3.8, 4) is 0 Å². The minimum atomic E-state index is -0.492. The van der Waals surface area contributed by atoms with E-state index in [1.165, 1.54) is 11.1 Å². The van der Waals surface area contributed by atoms with Gasteiger partial charge in [-0.15, -0.1) is 6.58 Å². The molecule has 24 heavy (non-hydrogen) atoms. The lowest BCUT2D eigenvalue weighted by atomic mass is 9.98. The molecule has 2 rings (SSSR count). The zero-order valence-corrected chi connectivity index (χ0v) is 14.0. The number of hydrogen-bond acceptors (Lipinski definition) is 1. The monoisotopic (exact) mass is 325 g/mol. The number of benzene rings is 1. The fourth-order valence-electron chi connectivity index (χ4n) is 2.86. The Kier molecular flexibility index (Phi) is 6.74. The molecule has 0 N–H and O–H groups in total. The lowest BCUT2D eigenvalue weighted by Gasteiger charge is -2.17. The second kappa shape index (κ2) is 9.02. The molecule has 0 radical (unpaired) electrons. The zero-order valence-electron chi connectivity index (χ0n) is 14.0. The summed E-state index contributed by atoms with van der Waals surface area (Å²) in [7, 11) is 0. The van der Waals surface area contributed by atoms with Crippen molar-refractivity contribution in [1.82, 2.24) is 4.90 Å². The molecule has 0 saturated carbocycles. The van der Waals surface area contributed by atoms with Crippen LogP contribution in [0.3, 0.4) is 0 Å². The van der Waals surface area contributed by atoms with E-state index in [0.717, 1.165) is 24.9 Å². The average Bonchev–Trinajstić information content (AvgIpc) is 2.73. The highest BCUT2D eigenvalue weighted by atomic mass is 19.1. The molecule has 3 heteroatoms. The maximum Gasteiger partial charge on any atom is 0.227 e. The Morgan fingerprint density at radius 1 is 1.29 bits per heavy atom. The first-order valence-corrected chi connectivity index (χ1v) is 8.21.